The predicted molar refractivity (Wildman–Crippen MR) is 46.3 cm³/mol. The minimum absolute atomic E-state index is 0.0446. The van der Waals surface area contributed by atoms with Gasteiger partial charge in [0.05, 0.1) is 13.2 Å². The van der Waals surface area contributed by atoms with Gasteiger partial charge in [-0.1, -0.05) is 25.5 Å². The van der Waals surface area contributed by atoms with Crippen LogP contribution in [0.5, 0.6) is 0 Å². The Kier molecular flexibility index (Phi) is 1.64. The summed E-state index contributed by atoms with van der Waals surface area (Å²) in [5.41, 5.74) is 0.710. The lowest BCUT2D eigenvalue weighted by Gasteiger charge is -2.40. The van der Waals surface area contributed by atoms with Crippen molar-refractivity contribution in [3.8, 4) is 0 Å². The molecule has 2 rings (SSSR count). The highest BCUT2D eigenvalue weighted by molar-refractivity contribution is 8.45. The average molecular weight is 246 g/mol. The summed E-state index contributed by atoms with van der Waals surface area (Å²) in [5.74, 6) is 0. The smallest absolute Gasteiger partial charge is 0.310 e. The number of benzene rings is 1. The lowest BCUT2D eigenvalue weighted by atomic mass is 10.1. The molecule has 0 aromatic heterocycles. The van der Waals surface area contributed by atoms with E-state index in [0.29, 0.717) is 17.7 Å². The highest BCUT2D eigenvalue weighted by atomic mass is 32.5. The number of rotatable bonds is 1. The van der Waals surface area contributed by atoms with Crippen molar-refractivity contribution in [2.75, 3.05) is 0 Å². The molecule has 1 heterocycles. The number of ether oxygens (including phenoxy) is 1. The molecule has 15 heavy (non-hydrogen) atoms. The van der Waals surface area contributed by atoms with E-state index in [0.717, 1.165) is 6.07 Å². The third kappa shape index (κ3) is 2.07. The van der Waals surface area contributed by atoms with Gasteiger partial charge < -0.3 is 4.74 Å². The van der Waals surface area contributed by atoms with E-state index in [1.807, 2.05) is 0 Å². The van der Waals surface area contributed by atoms with Gasteiger partial charge in [-0.25, -0.2) is 0 Å². The minimum Gasteiger partial charge on any atom is -0.372 e. The monoisotopic (exact) mass is 246 g/mol. The van der Waals surface area contributed by atoms with Crippen molar-refractivity contribution in [2.24, 2.45) is 0 Å². The van der Waals surface area contributed by atoms with Gasteiger partial charge in [0, 0.05) is 0 Å². The molecule has 0 saturated carbocycles. The van der Waals surface area contributed by atoms with E-state index in [-0.39, 0.29) is 18.8 Å². The van der Waals surface area contributed by atoms with E-state index in [4.69, 9.17) is 4.74 Å². The molecule has 0 radical (unpaired) electrons. The van der Waals surface area contributed by atoms with Gasteiger partial charge in [-0.05, 0) is 23.3 Å². The van der Waals surface area contributed by atoms with E-state index in [2.05, 4.69) is 0 Å². The Morgan fingerprint density at radius 1 is 0.933 bits per heavy atom. The van der Waals surface area contributed by atoms with Crippen LogP contribution in [0.1, 0.15) is 11.1 Å². The first-order valence-electron chi connectivity index (χ1n) is 4.00. The van der Waals surface area contributed by atoms with Crippen molar-refractivity contribution in [2.45, 2.75) is 18.1 Å². The van der Waals surface area contributed by atoms with Crippen LogP contribution in [0.3, 0.4) is 0 Å². The standard InChI is InChI=1S/C8H7F5OS/c9-15(10,11,12,13)8-2-1-6-4-14-5-7(6)3-8/h1-3H,4-5H2. The Bertz CT molecular complexity index is 424. The van der Waals surface area contributed by atoms with Gasteiger partial charge in [-0.15, -0.1) is 0 Å². The molecular weight excluding hydrogens is 239 g/mol. The Balaban J connectivity index is 2.58. The molecule has 1 aliphatic rings. The minimum atomic E-state index is -9.53. The zero-order valence-electron chi connectivity index (χ0n) is 7.35. The van der Waals surface area contributed by atoms with Crippen LogP contribution in [0.2, 0.25) is 0 Å². The molecule has 0 bridgehead atoms. The van der Waals surface area contributed by atoms with Crippen LogP contribution in [-0.2, 0) is 18.0 Å². The number of halogens is 5. The molecule has 7 heteroatoms. The summed E-state index contributed by atoms with van der Waals surface area (Å²) in [7, 11) is -9.53. The number of fused-ring (bicyclic) bond motifs is 1. The second kappa shape index (κ2) is 2.30. The molecule has 0 aliphatic carbocycles. The van der Waals surface area contributed by atoms with Crippen LogP contribution in [-0.4, -0.2) is 0 Å². The fraction of sp³-hybridized carbons (Fsp3) is 0.250. The fourth-order valence-corrected chi connectivity index (χ4v) is 2.08. The van der Waals surface area contributed by atoms with Gasteiger partial charge in [0.2, 0.25) is 0 Å². The molecular formula is C8H7F5OS. The Hall–Kier alpha value is -0.820. The third-order valence-electron chi connectivity index (χ3n) is 2.14. The SMILES string of the molecule is FS(F)(F)(F)(F)c1ccc2c(c1)COC2. The van der Waals surface area contributed by atoms with Crippen molar-refractivity contribution in [1.29, 1.82) is 0 Å². The summed E-state index contributed by atoms with van der Waals surface area (Å²) in [6.45, 7) is 0.132. The summed E-state index contributed by atoms with van der Waals surface area (Å²) in [4.78, 5) is -1.85. The molecule has 86 valence electrons. The molecule has 0 N–H and O–H groups in total. The summed E-state index contributed by atoms with van der Waals surface area (Å²) in [6.07, 6.45) is 0. The van der Waals surface area contributed by atoms with Crippen molar-refractivity contribution < 1.29 is 24.2 Å². The molecule has 1 nitrogen and oxygen atoms in total. The van der Waals surface area contributed by atoms with E-state index in [1.54, 1.807) is 0 Å². The first-order valence-corrected chi connectivity index (χ1v) is 5.95. The summed E-state index contributed by atoms with van der Waals surface area (Å²) in [6, 6.07) is 1.93. The zero-order valence-corrected chi connectivity index (χ0v) is 8.17. The predicted octanol–water partition coefficient (Wildman–Crippen LogP) is 4.37. The lowest BCUT2D eigenvalue weighted by Crippen LogP contribution is -2.06. The maximum atomic E-state index is 12.4. The molecule has 0 saturated heterocycles. The van der Waals surface area contributed by atoms with Gasteiger partial charge in [0.25, 0.3) is 0 Å². The second-order valence-corrected chi connectivity index (χ2v) is 5.80. The van der Waals surface area contributed by atoms with E-state index >= 15 is 0 Å². The van der Waals surface area contributed by atoms with E-state index < -0.39 is 15.1 Å². The number of hydrogen-bond acceptors (Lipinski definition) is 1. The molecule has 0 unspecified atom stereocenters. The van der Waals surface area contributed by atoms with Crippen LogP contribution >= 0.6 is 10.2 Å². The molecule has 0 fully saturated rings. The van der Waals surface area contributed by atoms with Crippen molar-refractivity contribution in [3.05, 3.63) is 29.3 Å². The van der Waals surface area contributed by atoms with Crippen LogP contribution in [0.4, 0.5) is 19.4 Å². The molecule has 0 amide bonds. The molecule has 1 aromatic carbocycles. The van der Waals surface area contributed by atoms with Gasteiger partial charge in [-0.3, -0.25) is 0 Å². The first-order chi connectivity index (χ1) is 6.56. The quantitative estimate of drug-likeness (QED) is 0.668. The van der Waals surface area contributed by atoms with Gasteiger partial charge in [0.1, 0.15) is 4.90 Å². The lowest BCUT2D eigenvalue weighted by molar-refractivity contribution is 0.134. The number of hydrogen-bond donors (Lipinski definition) is 0. The van der Waals surface area contributed by atoms with Crippen LogP contribution in [0, 0.1) is 0 Å². The van der Waals surface area contributed by atoms with E-state index in [9.17, 15) is 19.4 Å². The summed E-state index contributed by atoms with van der Waals surface area (Å²) < 4.78 is 66.7. The summed E-state index contributed by atoms with van der Waals surface area (Å²) in [5, 5.41) is 0. The normalized spacial score (nSPS) is 20.6. The van der Waals surface area contributed by atoms with Crippen LogP contribution < -0.4 is 0 Å². The third-order valence-corrected chi connectivity index (χ3v) is 3.28. The second-order valence-electron chi connectivity index (χ2n) is 3.39. The Morgan fingerprint density at radius 3 is 2.13 bits per heavy atom. The molecule has 1 aromatic rings. The maximum absolute atomic E-state index is 12.4. The highest BCUT2D eigenvalue weighted by Gasteiger charge is 2.65. The Labute approximate surface area is 82.6 Å². The van der Waals surface area contributed by atoms with Gasteiger partial charge in [0.15, 0.2) is 0 Å². The van der Waals surface area contributed by atoms with Gasteiger partial charge >= 0.3 is 10.2 Å². The Morgan fingerprint density at radius 2 is 1.53 bits per heavy atom. The molecule has 0 atom stereocenters. The van der Waals surface area contributed by atoms with Crippen molar-refractivity contribution >= 4 is 10.2 Å². The topological polar surface area (TPSA) is 9.23 Å². The average Bonchev–Trinajstić information content (AvgIpc) is 2.45. The van der Waals surface area contributed by atoms with Gasteiger partial charge in [-0.2, -0.15) is 0 Å². The van der Waals surface area contributed by atoms with Crippen LogP contribution in [0.25, 0.3) is 0 Å². The highest BCUT2D eigenvalue weighted by Crippen LogP contribution is 3.02. The molecule has 1 aliphatic heterocycles. The first kappa shape index (κ1) is 10.7. The molecule has 0 spiro atoms. The zero-order chi connectivity index (χ0) is 11.4. The summed E-state index contributed by atoms with van der Waals surface area (Å²) >= 11 is 0. The largest absolute Gasteiger partial charge is 0.372 e. The van der Waals surface area contributed by atoms with Crippen molar-refractivity contribution in [1.82, 2.24) is 0 Å². The van der Waals surface area contributed by atoms with Crippen molar-refractivity contribution in [3.63, 3.8) is 0 Å². The fourth-order valence-electron chi connectivity index (χ4n) is 1.39. The maximum Gasteiger partial charge on any atom is 0.310 e. The van der Waals surface area contributed by atoms with E-state index in [1.165, 1.54) is 0 Å². The van der Waals surface area contributed by atoms with Crippen LogP contribution in [0.15, 0.2) is 23.1 Å².